The number of likely N-dealkylation sites (tertiary alicyclic amines) is 1. The first-order chi connectivity index (χ1) is 14.4. The molecule has 0 spiro atoms. The van der Waals surface area contributed by atoms with Crippen LogP contribution in [0, 0.1) is 0 Å². The molecule has 0 atom stereocenters. The third kappa shape index (κ3) is 3.36. The van der Waals surface area contributed by atoms with E-state index in [0.717, 1.165) is 10.9 Å². The average molecular weight is 408 g/mol. The molecule has 3 aromatic heterocycles. The van der Waals surface area contributed by atoms with Gasteiger partial charge in [-0.3, -0.25) is 14.5 Å². The molecule has 0 unspecified atom stereocenters. The van der Waals surface area contributed by atoms with Crippen LogP contribution in [-0.2, 0) is 7.05 Å². The second kappa shape index (κ2) is 6.79. The number of fused-ring (bicyclic) bond motifs is 2. The van der Waals surface area contributed by atoms with Crippen LogP contribution in [0.25, 0.3) is 33.3 Å². The summed E-state index contributed by atoms with van der Waals surface area (Å²) in [6.45, 7) is -0.221. The van der Waals surface area contributed by atoms with E-state index in [2.05, 4.69) is 20.1 Å². The Balaban J connectivity index is 1.49. The van der Waals surface area contributed by atoms with Crippen molar-refractivity contribution in [2.24, 2.45) is 7.05 Å². The van der Waals surface area contributed by atoms with E-state index in [1.165, 1.54) is 4.90 Å². The lowest BCUT2D eigenvalue weighted by Gasteiger charge is -2.32. The fourth-order valence-electron chi connectivity index (χ4n) is 3.78. The van der Waals surface area contributed by atoms with Gasteiger partial charge in [0.05, 0.1) is 29.5 Å². The lowest BCUT2D eigenvalue weighted by molar-refractivity contribution is -0.0560. The van der Waals surface area contributed by atoms with Crippen molar-refractivity contribution in [3.8, 4) is 11.3 Å². The van der Waals surface area contributed by atoms with Gasteiger partial charge >= 0.3 is 0 Å². The van der Waals surface area contributed by atoms with Crippen LogP contribution >= 0.6 is 0 Å². The van der Waals surface area contributed by atoms with Gasteiger partial charge in [-0.1, -0.05) is 0 Å². The summed E-state index contributed by atoms with van der Waals surface area (Å²) in [7, 11) is 1.83. The lowest BCUT2D eigenvalue weighted by atomic mass is 10.1. The van der Waals surface area contributed by atoms with Crippen molar-refractivity contribution in [2.45, 2.75) is 18.8 Å². The minimum Gasteiger partial charge on any atom is -0.333 e. The van der Waals surface area contributed by atoms with Crippen LogP contribution in [0.2, 0.25) is 0 Å². The molecular weight excluding hydrogens is 390 g/mol. The summed E-state index contributed by atoms with van der Waals surface area (Å²) in [5, 5.41) is 5.14. The molecule has 0 radical (unpaired) electrons. The smallest absolute Gasteiger partial charge is 0.265 e. The first kappa shape index (κ1) is 18.5. The second-order valence-electron chi connectivity index (χ2n) is 7.58. The Morgan fingerprint density at radius 1 is 1.13 bits per heavy atom. The molecule has 1 aliphatic rings. The first-order valence-electron chi connectivity index (χ1n) is 9.62. The Bertz CT molecular complexity index is 1290. The van der Waals surface area contributed by atoms with Gasteiger partial charge in [0.1, 0.15) is 0 Å². The van der Waals surface area contributed by atoms with Crippen LogP contribution in [-0.4, -0.2) is 54.6 Å². The molecule has 9 heteroatoms. The molecule has 152 valence electrons. The Hall–Kier alpha value is -3.49. The number of alkyl halides is 2. The van der Waals surface area contributed by atoms with Gasteiger partial charge in [-0.15, -0.1) is 0 Å². The predicted octanol–water partition coefficient (Wildman–Crippen LogP) is 3.45. The van der Waals surface area contributed by atoms with Gasteiger partial charge in [0.2, 0.25) is 0 Å². The van der Waals surface area contributed by atoms with Crippen molar-refractivity contribution in [1.29, 1.82) is 0 Å². The quantitative estimate of drug-likeness (QED) is 0.508. The van der Waals surface area contributed by atoms with E-state index in [1.54, 1.807) is 35.3 Å². The Morgan fingerprint density at radius 2 is 2.00 bits per heavy atom. The lowest BCUT2D eigenvalue weighted by Crippen LogP contribution is -2.45. The fraction of sp³-hybridized carbons (Fsp3) is 0.286. The number of carbonyl (C=O) groups excluding carboxylic acids is 1. The van der Waals surface area contributed by atoms with Gasteiger partial charge < -0.3 is 4.90 Å². The summed E-state index contributed by atoms with van der Waals surface area (Å²) in [6.07, 6.45) is 5.30. The number of rotatable bonds is 2. The van der Waals surface area contributed by atoms with Crippen LogP contribution in [0.15, 0.2) is 42.9 Å². The second-order valence-corrected chi connectivity index (χ2v) is 7.58. The van der Waals surface area contributed by atoms with E-state index >= 15 is 0 Å². The van der Waals surface area contributed by atoms with E-state index in [4.69, 9.17) is 0 Å². The van der Waals surface area contributed by atoms with Crippen molar-refractivity contribution in [2.75, 3.05) is 13.1 Å². The highest BCUT2D eigenvalue weighted by molar-refractivity contribution is 5.97. The average Bonchev–Trinajstić information content (AvgIpc) is 3.10. The molecule has 7 nitrogen and oxygen atoms in total. The van der Waals surface area contributed by atoms with E-state index in [0.29, 0.717) is 40.9 Å². The van der Waals surface area contributed by atoms with Crippen molar-refractivity contribution in [3.63, 3.8) is 0 Å². The van der Waals surface area contributed by atoms with Gasteiger partial charge in [0.15, 0.2) is 5.65 Å². The van der Waals surface area contributed by atoms with Crippen LogP contribution in [0.4, 0.5) is 8.78 Å². The van der Waals surface area contributed by atoms with Crippen LogP contribution in [0.3, 0.4) is 0 Å². The van der Waals surface area contributed by atoms with Crippen LogP contribution in [0.5, 0.6) is 0 Å². The summed E-state index contributed by atoms with van der Waals surface area (Å²) in [4.78, 5) is 27.4. The molecular formula is C21H18F2N6O. The maximum atomic E-state index is 13.7. The highest BCUT2D eigenvalue weighted by Crippen LogP contribution is 2.28. The van der Waals surface area contributed by atoms with E-state index in [1.807, 2.05) is 19.3 Å². The molecule has 4 aromatic rings. The molecule has 0 aliphatic carbocycles. The standard InChI is InChI=1S/C21H18F2N6O/c1-28-11-15-7-14(9-25-19(15)27-28)18-10-24-16-4-3-13(8-17(16)26-18)20(30)29-6-2-5-21(22,23)12-29/h3-4,7-11H,2,5-6,12H2,1H3. The molecule has 0 bridgehead atoms. The summed E-state index contributed by atoms with van der Waals surface area (Å²) in [6, 6.07) is 6.83. The summed E-state index contributed by atoms with van der Waals surface area (Å²) in [5.41, 5.74) is 3.49. The third-order valence-corrected chi connectivity index (χ3v) is 5.24. The molecule has 1 saturated heterocycles. The highest BCUT2D eigenvalue weighted by atomic mass is 19.3. The van der Waals surface area contributed by atoms with Gasteiger partial charge in [-0.25, -0.2) is 18.7 Å². The minimum absolute atomic E-state index is 0.182. The summed E-state index contributed by atoms with van der Waals surface area (Å²) >= 11 is 0. The zero-order chi connectivity index (χ0) is 20.9. The maximum Gasteiger partial charge on any atom is 0.265 e. The number of carbonyl (C=O) groups is 1. The molecule has 30 heavy (non-hydrogen) atoms. The Kier molecular flexibility index (Phi) is 4.19. The van der Waals surface area contributed by atoms with E-state index < -0.39 is 18.4 Å². The van der Waals surface area contributed by atoms with Crippen molar-refractivity contribution < 1.29 is 13.6 Å². The predicted molar refractivity (Wildman–Crippen MR) is 107 cm³/mol. The molecule has 0 N–H and O–H groups in total. The molecule has 1 aromatic carbocycles. The number of benzene rings is 1. The van der Waals surface area contributed by atoms with E-state index in [9.17, 15) is 13.6 Å². The normalized spacial score (nSPS) is 16.3. The van der Waals surface area contributed by atoms with Gasteiger partial charge in [-0.2, -0.15) is 5.10 Å². The molecule has 0 saturated carbocycles. The molecule has 1 amide bonds. The Morgan fingerprint density at radius 3 is 2.83 bits per heavy atom. The number of hydrogen-bond acceptors (Lipinski definition) is 5. The van der Waals surface area contributed by atoms with Gasteiger partial charge in [-0.05, 0) is 30.7 Å². The molecule has 1 aliphatic heterocycles. The monoisotopic (exact) mass is 408 g/mol. The number of aryl methyl sites for hydroxylation is 1. The first-order valence-corrected chi connectivity index (χ1v) is 9.62. The number of pyridine rings is 1. The number of hydrogen-bond donors (Lipinski definition) is 0. The van der Waals surface area contributed by atoms with Crippen molar-refractivity contribution in [1.82, 2.24) is 29.6 Å². The number of aromatic nitrogens is 5. The van der Waals surface area contributed by atoms with Crippen LogP contribution in [0.1, 0.15) is 23.2 Å². The minimum atomic E-state index is -2.84. The van der Waals surface area contributed by atoms with Gasteiger partial charge in [0, 0.05) is 48.9 Å². The van der Waals surface area contributed by atoms with Crippen LogP contribution < -0.4 is 0 Å². The van der Waals surface area contributed by atoms with Gasteiger partial charge in [0.25, 0.3) is 11.8 Å². The maximum absolute atomic E-state index is 13.7. The zero-order valence-corrected chi connectivity index (χ0v) is 16.2. The largest absolute Gasteiger partial charge is 0.333 e. The zero-order valence-electron chi connectivity index (χ0n) is 16.2. The third-order valence-electron chi connectivity index (χ3n) is 5.24. The topological polar surface area (TPSA) is 76.8 Å². The van der Waals surface area contributed by atoms with Crippen molar-refractivity contribution >= 4 is 28.0 Å². The highest BCUT2D eigenvalue weighted by Gasteiger charge is 2.37. The van der Waals surface area contributed by atoms with E-state index in [-0.39, 0.29) is 6.42 Å². The number of nitrogens with zero attached hydrogens (tertiary/aromatic N) is 6. The number of halogens is 2. The molecule has 1 fully saturated rings. The molecule has 4 heterocycles. The fourth-order valence-corrected chi connectivity index (χ4v) is 3.78. The summed E-state index contributed by atoms with van der Waals surface area (Å²) in [5.74, 6) is -3.25. The number of amides is 1. The Labute approximate surface area is 170 Å². The molecule has 5 rings (SSSR count). The summed E-state index contributed by atoms with van der Waals surface area (Å²) < 4.78 is 29.1. The SMILES string of the molecule is Cn1cc2cc(-c3cnc4ccc(C(=O)N5CCCC(F)(F)C5)cc4n3)cnc2n1. The number of piperidine rings is 1. The van der Waals surface area contributed by atoms with Crippen molar-refractivity contribution in [3.05, 3.63) is 48.4 Å².